The minimum absolute atomic E-state index is 0.201. The fourth-order valence-corrected chi connectivity index (χ4v) is 1.91. The van der Waals surface area contributed by atoms with Gasteiger partial charge in [0.15, 0.2) is 0 Å². The van der Waals surface area contributed by atoms with Crippen LogP contribution in [0, 0.1) is 17.7 Å². The molecule has 3 heteroatoms. The highest BCUT2D eigenvalue weighted by Gasteiger charge is 2.08. The summed E-state index contributed by atoms with van der Waals surface area (Å²) in [6.07, 6.45) is 0.744. The van der Waals surface area contributed by atoms with Crippen LogP contribution >= 0.6 is 11.6 Å². The molecule has 96 valence electrons. The van der Waals surface area contributed by atoms with Gasteiger partial charge in [0.05, 0.1) is 0 Å². The molecule has 1 N–H and O–H groups in total. The quantitative estimate of drug-likeness (QED) is 0.815. The Morgan fingerprint density at radius 1 is 1.24 bits per heavy atom. The van der Waals surface area contributed by atoms with Crippen molar-refractivity contribution in [1.29, 1.82) is 0 Å². The van der Waals surface area contributed by atoms with Gasteiger partial charge in [0.1, 0.15) is 5.82 Å². The lowest BCUT2D eigenvalue weighted by Crippen LogP contribution is -2.26. The van der Waals surface area contributed by atoms with Gasteiger partial charge in [0.25, 0.3) is 0 Å². The first-order valence-electron chi connectivity index (χ1n) is 6.13. The summed E-state index contributed by atoms with van der Waals surface area (Å²) in [4.78, 5) is 0. The zero-order valence-corrected chi connectivity index (χ0v) is 11.5. The fraction of sp³-hybridized carbons (Fsp3) is 0.571. The Morgan fingerprint density at radius 2 is 1.94 bits per heavy atom. The lowest BCUT2D eigenvalue weighted by Gasteiger charge is -2.14. The summed E-state index contributed by atoms with van der Waals surface area (Å²) in [5.41, 5.74) is 0.744. The summed E-state index contributed by atoms with van der Waals surface area (Å²) in [7, 11) is 0. The zero-order chi connectivity index (χ0) is 12.8. The predicted molar refractivity (Wildman–Crippen MR) is 72.0 cm³/mol. The van der Waals surface area contributed by atoms with E-state index in [9.17, 15) is 4.39 Å². The van der Waals surface area contributed by atoms with E-state index in [1.165, 1.54) is 6.07 Å². The standard InChI is InChI=1S/C14H21ClFN/c1-10(2)8-17-9-11(3)6-12-4-5-13(15)7-14(12)16/h4-5,7,10-11,17H,6,8-9H2,1-3H3. The van der Waals surface area contributed by atoms with Crippen LogP contribution in [0.3, 0.4) is 0 Å². The fourth-order valence-electron chi connectivity index (χ4n) is 1.75. The molecule has 0 saturated carbocycles. The Balaban J connectivity index is 2.42. The Morgan fingerprint density at radius 3 is 2.53 bits per heavy atom. The van der Waals surface area contributed by atoms with Gasteiger partial charge in [-0.05, 0) is 49.0 Å². The van der Waals surface area contributed by atoms with Crippen molar-refractivity contribution in [3.8, 4) is 0 Å². The van der Waals surface area contributed by atoms with Crippen molar-refractivity contribution in [3.05, 3.63) is 34.6 Å². The largest absolute Gasteiger partial charge is 0.316 e. The summed E-state index contributed by atoms with van der Waals surface area (Å²) in [6.45, 7) is 8.40. The molecule has 0 amide bonds. The number of rotatable bonds is 6. The van der Waals surface area contributed by atoms with E-state index >= 15 is 0 Å². The van der Waals surface area contributed by atoms with Gasteiger partial charge >= 0.3 is 0 Å². The first kappa shape index (κ1) is 14.5. The van der Waals surface area contributed by atoms with Crippen molar-refractivity contribution in [2.45, 2.75) is 27.2 Å². The summed E-state index contributed by atoms with van der Waals surface area (Å²) in [6, 6.07) is 4.90. The number of nitrogens with one attached hydrogen (secondary N) is 1. The van der Waals surface area contributed by atoms with Crippen molar-refractivity contribution in [2.75, 3.05) is 13.1 Å². The highest BCUT2D eigenvalue weighted by atomic mass is 35.5. The Labute approximate surface area is 108 Å². The lowest BCUT2D eigenvalue weighted by molar-refractivity contribution is 0.466. The topological polar surface area (TPSA) is 12.0 Å². The second-order valence-corrected chi connectivity index (χ2v) is 5.53. The van der Waals surface area contributed by atoms with E-state index < -0.39 is 0 Å². The van der Waals surface area contributed by atoms with Gasteiger partial charge in [0, 0.05) is 5.02 Å². The lowest BCUT2D eigenvalue weighted by atomic mass is 10.0. The van der Waals surface area contributed by atoms with Crippen LogP contribution in [0.4, 0.5) is 4.39 Å². The molecule has 0 bridgehead atoms. The molecule has 0 heterocycles. The minimum atomic E-state index is -0.201. The maximum atomic E-state index is 13.6. The third kappa shape index (κ3) is 5.51. The molecule has 0 spiro atoms. The minimum Gasteiger partial charge on any atom is -0.316 e. The van der Waals surface area contributed by atoms with Crippen LogP contribution in [0.2, 0.25) is 5.02 Å². The Bertz CT molecular complexity index is 352. The van der Waals surface area contributed by atoms with Crippen molar-refractivity contribution in [2.24, 2.45) is 11.8 Å². The monoisotopic (exact) mass is 257 g/mol. The summed E-state index contributed by atoms with van der Waals surface area (Å²) >= 11 is 5.72. The number of halogens is 2. The van der Waals surface area contributed by atoms with Gasteiger partial charge in [-0.15, -0.1) is 0 Å². The van der Waals surface area contributed by atoms with E-state index in [0.29, 0.717) is 16.9 Å². The smallest absolute Gasteiger partial charge is 0.127 e. The predicted octanol–water partition coefficient (Wildman–Crippen LogP) is 3.90. The number of hydrogen-bond acceptors (Lipinski definition) is 1. The molecule has 1 unspecified atom stereocenters. The number of hydrogen-bond donors (Lipinski definition) is 1. The SMILES string of the molecule is CC(C)CNCC(C)Cc1ccc(Cl)cc1F. The molecule has 0 fully saturated rings. The third-order valence-electron chi connectivity index (χ3n) is 2.63. The molecular formula is C14H21ClFN. The van der Waals surface area contributed by atoms with Crippen molar-refractivity contribution < 1.29 is 4.39 Å². The van der Waals surface area contributed by atoms with E-state index in [0.717, 1.165) is 25.1 Å². The van der Waals surface area contributed by atoms with E-state index in [4.69, 9.17) is 11.6 Å². The van der Waals surface area contributed by atoms with Crippen LogP contribution in [0.5, 0.6) is 0 Å². The molecule has 1 aromatic rings. The van der Waals surface area contributed by atoms with Gasteiger partial charge in [-0.3, -0.25) is 0 Å². The molecule has 0 aliphatic carbocycles. The molecule has 0 aliphatic rings. The molecule has 1 rings (SSSR count). The van der Waals surface area contributed by atoms with Gasteiger partial charge in [-0.1, -0.05) is 38.4 Å². The molecule has 1 atom stereocenters. The zero-order valence-electron chi connectivity index (χ0n) is 10.8. The van der Waals surface area contributed by atoms with Gasteiger partial charge in [0.2, 0.25) is 0 Å². The van der Waals surface area contributed by atoms with Crippen LogP contribution < -0.4 is 5.32 Å². The second kappa shape index (κ2) is 6.97. The first-order chi connectivity index (χ1) is 7.99. The van der Waals surface area contributed by atoms with Crippen LogP contribution in [0.1, 0.15) is 26.3 Å². The third-order valence-corrected chi connectivity index (χ3v) is 2.86. The molecular weight excluding hydrogens is 237 g/mol. The van der Waals surface area contributed by atoms with Gasteiger partial charge < -0.3 is 5.32 Å². The highest BCUT2D eigenvalue weighted by molar-refractivity contribution is 6.30. The summed E-state index contributed by atoms with van der Waals surface area (Å²) < 4.78 is 13.6. The summed E-state index contributed by atoms with van der Waals surface area (Å²) in [5.74, 6) is 0.868. The average molecular weight is 258 g/mol. The maximum absolute atomic E-state index is 13.6. The van der Waals surface area contributed by atoms with Gasteiger partial charge in [-0.25, -0.2) is 4.39 Å². The molecule has 0 radical (unpaired) electrons. The van der Waals surface area contributed by atoms with Crippen molar-refractivity contribution >= 4 is 11.6 Å². The highest BCUT2D eigenvalue weighted by Crippen LogP contribution is 2.17. The number of benzene rings is 1. The molecule has 0 saturated heterocycles. The summed E-state index contributed by atoms with van der Waals surface area (Å²) in [5, 5.41) is 3.84. The second-order valence-electron chi connectivity index (χ2n) is 5.10. The average Bonchev–Trinajstić information content (AvgIpc) is 2.21. The van der Waals surface area contributed by atoms with E-state index in [-0.39, 0.29) is 5.82 Å². The van der Waals surface area contributed by atoms with Crippen LogP contribution in [-0.2, 0) is 6.42 Å². The van der Waals surface area contributed by atoms with Crippen LogP contribution in [0.15, 0.2) is 18.2 Å². The van der Waals surface area contributed by atoms with Crippen molar-refractivity contribution in [1.82, 2.24) is 5.32 Å². The normalized spacial score (nSPS) is 13.1. The molecule has 1 aromatic carbocycles. The molecule has 1 nitrogen and oxygen atoms in total. The van der Waals surface area contributed by atoms with Gasteiger partial charge in [-0.2, -0.15) is 0 Å². The Hall–Kier alpha value is -0.600. The maximum Gasteiger partial charge on any atom is 0.127 e. The molecule has 0 aliphatic heterocycles. The van der Waals surface area contributed by atoms with E-state index in [1.807, 2.05) is 0 Å². The first-order valence-corrected chi connectivity index (χ1v) is 6.51. The van der Waals surface area contributed by atoms with Crippen molar-refractivity contribution in [3.63, 3.8) is 0 Å². The Kier molecular flexibility index (Phi) is 5.93. The molecule has 17 heavy (non-hydrogen) atoms. The molecule has 0 aromatic heterocycles. The van der Waals surface area contributed by atoms with Crippen LogP contribution in [0.25, 0.3) is 0 Å². The van der Waals surface area contributed by atoms with E-state index in [2.05, 4.69) is 26.1 Å². The van der Waals surface area contributed by atoms with Crippen LogP contribution in [-0.4, -0.2) is 13.1 Å². The van der Waals surface area contributed by atoms with E-state index in [1.54, 1.807) is 12.1 Å².